The highest BCUT2D eigenvalue weighted by Crippen LogP contribution is 2.24. The molecule has 0 saturated heterocycles. The fourth-order valence-electron chi connectivity index (χ4n) is 4.07. The molecule has 5 aromatic rings. The molecule has 0 aliphatic rings. The number of benzene rings is 3. The van der Waals surface area contributed by atoms with Crippen molar-refractivity contribution in [1.29, 1.82) is 0 Å². The van der Waals surface area contributed by atoms with E-state index < -0.39 is 0 Å². The zero-order valence-corrected chi connectivity index (χ0v) is 19.2. The molecule has 5 rings (SSSR count). The lowest BCUT2D eigenvalue weighted by molar-refractivity contribution is 0.340. The molecule has 0 saturated carbocycles. The van der Waals surface area contributed by atoms with Gasteiger partial charge >= 0.3 is 0 Å². The molecule has 5 nitrogen and oxygen atoms in total. The number of aromatic amines is 1. The molecule has 0 aliphatic carbocycles. The lowest BCUT2D eigenvalue weighted by Gasteiger charge is -2.14. The Kier molecular flexibility index (Phi) is 5.53. The van der Waals surface area contributed by atoms with Crippen LogP contribution in [0.4, 0.5) is 0 Å². The molecule has 0 unspecified atom stereocenters. The van der Waals surface area contributed by atoms with Crippen LogP contribution in [0.2, 0.25) is 0 Å². The molecule has 6 heteroatoms. The number of hydrogen-bond donors (Lipinski definition) is 1. The summed E-state index contributed by atoms with van der Waals surface area (Å²) in [6.07, 6.45) is 3.43. The Labute approximate surface area is 193 Å². The Hall–Kier alpha value is -3.38. The SMILES string of the molecule is CCOc1ccc(-n2c(CCc3c[nH]c4ccc(Br)cc34)nc3ccccc3c2=O)cc1. The first-order valence-electron chi connectivity index (χ1n) is 10.6. The third-order valence-corrected chi connectivity index (χ3v) is 6.09. The minimum absolute atomic E-state index is 0.0589. The van der Waals surface area contributed by atoms with E-state index in [-0.39, 0.29) is 5.56 Å². The number of hydrogen-bond acceptors (Lipinski definition) is 3. The second kappa shape index (κ2) is 8.63. The Morgan fingerprint density at radius 2 is 1.81 bits per heavy atom. The average molecular weight is 488 g/mol. The van der Waals surface area contributed by atoms with Crippen molar-refractivity contribution < 1.29 is 4.74 Å². The fourth-order valence-corrected chi connectivity index (χ4v) is 4.44. The van der Waals surface area contributed by atoms with Crippen LogP contribution in [-0.4, -0.2) is 21.1 Å². The van der Waals surface area contributed by atoms with Crippen LogP contribution in [0.15, 0.2) is 82.2 Å². The summed E-state index contributed by atoms with van der Waals surface area (Å²) in [5, 5.41) is 1.79. The first-order valence-corrected chi connectivity index (χ1v) is 11.4. The number of nitrogens with one attached hydrogen (secondary N) is 1. The number of aryl methyl sites for hydroxylation is 2. The normalized spacial score (nSPS) is 11.3. The van der Waals surface area contributed by atoms with E-state index in [2.05, 4.69) is 33.0 Å². The van der Waals surface area contributed by atoms with E-state index in [1.54, 1.807) is 4.57 Å². The predicted octanol–water partition coefficient (Wildman–Crippen LogP) is 5.81. The van der Waals surface area contributed by atoms with E-state index in [1.165, 1.54) is 10.9 Å². The lowest BCUT2D eigenvalue weighted by atomic mass is 10.1. The Bertz CT molecular complexity index is 1470. The van der Waals surface area contributed by atoms with Gasteiger partial charge in [0, 0.05) is 28.0 Å². The molecule has 2 aromatic heterocycles. The van der Waals surface area contributed by atoms with Crippen molar-refractivity contribution in [1.82, 2.24) is 14.5 Å². The minimum atomic E-state index is -0.0589. The number of rotatable bonds is 6. The molecule has 0 atom stereocenters. The molecule has 1 N–H and O–H groups in total. The summed E-state index contributed by atoms with van der Waals surface area (Å²) in [5.41, 5.74) is 3.74. The summed E-state index contributed by atoms with van der Waals surface area (Å²) < 4.78 is 8.33. The molecular formula is C26H22BrN3O2. The van der Waals surface area contributed by atoms with Gasteiger partial charge in [0.15, 0.2) is 0 Å². The summed E-state index contributed by atoms with van der Waals surface area (Å²) in [6, 6.07) is 21.3. The molecule has 32 heavy (non-hydrogen) atoms. The maximum Gasteiger partial charge on any atom is 0.265 e. The molecule has 0 bridgehead atoms. The molecule has 0 spiro atoms. The van der Waals surface area contributed by atoms with Gasteiger partial charge in [-0.2, -0.15) is 0 Å². The topological polar surface area (TPSA) is 59.9 Å². The molecular weight excluding hydrogens is 466 g/mol. The highest BCUT2D eigenvalue weighted by Gasteiger charge is 2.14. The van der Waals surface area contributed by atoms with Crippen LogP contribution in [0.5, 0.6) is 5.75 Å². The number of H-pyrrole nitrogens is 1. The summed E-state index contributed by atoms with van der Waals surface area (Å²) in [7, 11) is 0. The van der Waals surface area contributed by atoms with E-state index in [4.69, 9.17) is 9.72 Å². The number of fused-ring (bicyclic) bond motifs is 2. The Morgan fingerprint density at radius 1 is 1.00 bits per heavy atom. The summed E-state index contributed by atoms with van der Waals surface area (Å²) in [5.74, 6) is 1.52. The highest BCUT2D eigenvalue weighted by atomic mass is 79.9. The number of nitrogens with zero attached hydrogens (tertiary/aromatic N) is 2. The van der Waals surface area contributed by atoms with Crippen LogP contribution in [0.25, 0.3) is 27.5 Å². The largest absolute Gasteiger partial charge is 0.494 e. The molecule has 3 aromatic carbocycles. The van der Waals surface area contributed by atoms with E-state index in [1.807, 2.05) is 67.7 Å². The first kappa shape index (κ1) is 20.5. The predicted molar refractivity (Wildman–Crippen MR) is 132 cm³/mol. The van der Waals surface area contributed by atoms with E-state index in [0.29, 0.717) is 18.4 Å². The quantitative estimate of drug-likeness (QED) is 0.328. The second-order valence-corrected chi connectivity index (χ2v) is 8.53. The molecule has 0 fully saturated rings. The van der Waals surface area contributed by atoms with Crippen LogP contribution in [0.1, 0.15) is 18.3 Å². The maximum atomic E-state index is 13.5. The van der Waals surface area contributed by atoms with Gasteiger partial charge in [0.1, 0.15) is 11.6 Å². The van der Waals surface area contributed by atoms with Crippen molar-refractivity contribution in [3.63, 3.8) is 0 Å². The molecule has 160 valence electrons. The molecule has 0 amide bonds. The molecule has 0 radical (unpaired) electrons. The number of aromatic nitrogens is 3. The van der Waals surface area contributed by atoms with Crippen LogP contribution in [0, 0.1) is 0 Å². The fraction of sp³-hybridized carbons (Fsp3) is 0.154. The summed E-state index contributed by atoms with van der Waals surface area (Å²) in [6.45, 7) is 2.55. The van der Waals surface area contributed by atoms with E-state index >= 15 is 0 Å². The zero-order valence-electron chi connectivity index (χ0n) is 17.6. The maximum absolute atomic E-state index is 13.5. The van der Waals surface area contributed by atoms with Crippen LogP contribution >= 0.6 is 15.9 Å². The van der Waals surface area contributed by atoms with Crippen molar-refractivity contribution >= 4 is 37.7 Å². The third-order valence-electron chi connectivity index (χ3n) is 5.60. The third kappa shape index (κ3) is 3.82. The van der Waals surface area contributed by atoms with Crippen molar-refractivity contribution in [2.75, 3.05) is 6.61 Å². The van der Waals surface area contributed by atoms with Gasteiger partial charge in [0.05, 0.1) is 23.2 Å². The van der Waals surface area contributed by atoms with Crippen LogP contribution in [0.3, 0.4) is 0 Å². The van der Waals surface area contributed by atoms with Crippen LogP contribution < -0.4 is 10.3 Å². The summed E-state index contributed by atoms with van der Waals surface area (Å²) in [4.78, 5) is 21.7. The second-order valence-electron chi connectivity index (χ2n) is 7.62. The van der Waals surface area contributed by atoms with Crippen molar-refractivity contribution in [3.05, 3.63) is 99.1 Å². The van der Waals surface area contributed by atoms with Gasteiger partial charge in [0.25, 0.3) is 5.56 Å². The van der Waals surface area contributed by atoms with Gasteiger partial charge < -0.3 is 9.72 Å². The number of para-hydroxylation sites is 1. The van der Waals surface area contributed by atoms with E-state index in [9.17, 15) is 4.79 Å². The van der Waals surface area contributed by atoms with E-state index in [0.717, 1.165) is 39.2 Å². The van der Waals surface area contributed by atoms with Gasteiger partial charge in [-0.3, -0.25) is 9.36 Å². The molecule has 2 heterocycles. The first-order chi connectivity index (χ1) is 15.6. The Balaban J connectivity index is 1.58. The standard InChI is InChI=1S/C26H22BrN3O2/c1-2-32-20-11-9-19(10-12-20)30-25(29-24-6-4-3-5-21(24)26(30)31)14-7-17-16-28-23-13-8-18(27)15-22(17)23/h3-6,8-13,15-16,28H,2,7,14H2,1H3. The smallest absolute Gasteiger partial charge is 0.265 e. The number of ether oxygens (including phenoxy) is 1. The van der Waals surface area contributed by atoms with Gasteiger partial charge in [-0.05, 0) is 73.5 Å². The van der Waals surface area contributed by atoms with Gasteiger partial charge in [-0.1, -0.05) is 28.1 Å². The number of halogens is 1. The minimum Gasteiger partial charge on any atom is -0.494 e. The van der Waals surface area contributed by atoms with Crippen LogP contribution in [-0.2, 0) is 12.8 Å². The molecule has 0 aliphatic heterocycles. The Morgan fingerprint density at radius 3 is 2.62 bits per heavy atom. The zero-order chi connectivity index (χ0) is 22.1. The van der Waals surface area contributed by atoms with Crippen molar-refractivity contribution in [3.8, 4) is 11.4 Å². The monoisotopic (exact) mass is 487 g/mol. The van der Waals surface area contributed by atoms with Gasteiger partial charge in [0.2, 0.25) is 0 Å². The lowest BCUT2D eigenvalue weighted by Crippen LogP contribution is -2.24. The van der Waals surface area contributed by atoms with Crippen molar-refractivity contribution in [2.24, 2.45) is 0 Å². The highest BCUT2D eigenvalue weighted by molar-refractivity contribution is 9.10. The average Bonchev–Trinajstić information content (AvgIpc) is 3.21. The van der Waals surface area contributed by atoms with Gasteiger partial charge in [-0.25, -0.2) is 4.98 Å². The van der Waals surface area contributed by atoms with Gasteiger partial charge in [-0.15, -0.1) is 0 Å². The van der Waals surface area contributed by atoms with Crippen molar-refractivity contribution in [2.45, 2.75) is 19.8 Å². The summed E-state index contributed by atoms with van der Waals surface area (Å²) >= 11 is 3.56.